The second-order valence-corrected chi connectivity index (χ2v) is 14.6. The van der Waals surface area contributed by atoms with Gasteiger partial charge in [-0.3, -0.25) is 9.10 Å². The molecule has 1 spiro atoms. The first kappa shape index (κ1) is 29.1. The van der Waals surface area contributed by atoms with Crippen molar-refractivity contribution in [1.82, 2.24) is 9.62 Å². The maximum Gasteiger partial charge on any atom is 0.264 e. The van der Waals surface area contributed by atoms with E-state index in [9.17, 15) is 21.6 Å². The second-order valence-electron chi connectivity index (χ2n) is 10.8. The van der Waals surface area contributed by atoms with Crippen LogP contribution in [-0.4, -0.2) is 59.5 Å². The van der Waals surface area contributed by atoms with E-state index in [1.807, 2.05) is 38.1 Å². The molecular formula is C30H35N3O6S2. The lowest BCUT2D eigenvalue weighted by Crippen LogP contribution is -2.52. The Kier molecular flexibility index (Phi) is 7.65. The van der Waals surface area contributed by atoms with Gasteiger partial charge in [-0.05, 0) is 85.8 Å². The highest BCUT2D eigenvalue weighted by Gasteiger charge is 2.54. The Morgan fingerprint density at radius 3 is 2.27 bits per heavy atom. The van der Waals surface area contributed by atoms with Gasteiger partial charge in [-0.15, -0.1) is 0 Å². The molecule has 41 heavy (non-hydrogen) atoms. The third-order valence-electron chi connectivity index (χ3n) is 8.58. The quantitative estimate of drug-likeness (QED) is 0.443. The molecule has 0 bridgehead atoms. The minimum absolute atomic E-state index is 0.127. The summed E-state index contributed by atoms with van der Waals surface area (Å²) in [6, 6.07) is 18.7. The molecule has 2 heterocycles. The summed E-state index contributed by atoms with van der Waals surface area (Å²) in [5.41, 5.74) is 3.11. The number of sulfonamides is 2. The third kappa shape index (κ3) is 5.22. The van der Waals surface area contributed by atoms with E-state index < -0.39 is 31.5 Å². The molecule has 0 radical (unpaired) electrons. The van der Waals surface area contributed by atoms with Crippen molar-refractivity contribution >= 4 is 31.6 Å². The van der Waals surface area contributed by atoms with Gasteiger partial charge < -0.3 is 10.1 Å². The SMILES string of the molecule is COc1ccc(S(=O)(=O)N2c3ccc(C(=O)NCc4ccccc4C)cc3C3(CCN(S(C)(=O)=O)CC3)C2C)cc1. The number of benzene rings is 3. The number of hydrogen-bond donors (Lipinski definition) is 1. The van der Waals surface area contributed by atoms with Crippen LogP contribution >= 0.6 is 0 Å². The number of anilines is 1. The van der Waals surface area contributed by atoms with Gasteiger partial charge in [0.15, 0.2) is 0 Å². The van der Waals surface area contributed by atoms with E-state index in [0.717, 1.165) is 16.7 Å². The van der Waals surface area contributed by atoms with E-state index >= 15 is 0 Å². The number of carbonyl (C=O) groups is 1. The molecular weight excluding hydrogens is 562 g/mol. The fourth-order valence-electron chi connectivity index (χ4n) is 6.12. The van der Waals surface area contributed by atoms with Crippen molar-refractivity contribution in [2.24, 2.45) is 0 Å². The van der Waals surface area contributed by atoms with Gasteiger partial charge in [-0.2, -0.15) is 0 Å². The van der Waals surface area contributed by atoms with E-state index in [1.54, 1.807) is 30.3 Å². The Balaban J connectivity index is 1.54. The predicted molar refractivity (Wildman–Crippen MR) is 158 cm³/mol. The zero-order valence-corrected chi connectivity index (χ0v) is 25.3. The lowest BCUT2D eigenvalue weighted by Gasteiger charge is -2.42. The van der Waals surface area contributed by atoms with E-state index in [-0.39, 0.29) is 23.9 Å². The normalized spacial score (nSPS) is 18.7. The molecule has 1 atom stereocenters. The van der Waals surface area contributed by atoms with Crippen LogP contribution in [0.15, 0.2) is 71.6 Å². The van der Waals surface area contributed by atoms with Crippen molar-refractivity contribution in [1.29, 1.82) is 0 Å². The van der Waals surface area contributed by atoms with Crippen LogP contribution in [0.25, 0.3) is 0 Å². The zero-order valence-electron chi connectivity index (χ0n) is 23.6. The van der Waals surface area contributed by atoms with Gasteiger partial charge in [-0.1, -0.05) is 24.3 Å². The van der Waals surface area contributed by atoms with Crippen LogP contribution in [0.5, 0.6) is 5.75 Å². The van der Waals surface area contributed by atoms with Crippen LogP contribution in [0.3, 0.4) is 0 Å². The van der Waals surface area contributed by atoms with Gasteiger partial charge in [0.2, 0.25) is 10.0 Å². The minimum atomic E-state index is -3.98. The summed E-state index contributed by atoms with van der Waals surface area (Å²) in [6.07, 6.45) is 2.04. The molecule has 1 unspecified atom stereocenters. The van der Waals surface area contributed by atoms with Crippen molar-refractivity contribution in [3.63, 3.8) is 0 Å². The molecule has 1 fully saturated rings. The molecule has 1 amide bonds. The van der Waals surface area contributed by atoms with Crippen LogP contribution in [0, 0.1) is 6.92 Å². The van der Waals surface area contributed by atoms with E-state index in [4.69, 9.17) is 4.74 Å². The summed E-state index contributed by atoms with van der Waals surface area (Å²) < 4.78 is 60.8. The van der Waals surface area contributed by atoms with Crippen molar-refractivity contribution in [3.8, 4) is 5.75 Å². The number of amides is 1. The first-order valence-corrected chi connectivity index (χ1v) is 16.8. The van der Waals surface area contributed by atoms with E-state index in [2.05, 4.69) is 5.32 Å². The van der Waals surface area contributed by atoms with E-state index in [1.165, 1.54) is 34.1 Å². The smallest absolute Gasteiger partial charge is 0.264 e. The number of nitrogens with one attached hydrogen (secondary N) is 1. The van der Waals surface area contributed by atoms with Crippen molar-refractivity contribution in [2.75, 3.05) is 30.8 Å². The number of rotatable bonds is 7. The van der Waals surface area contributed by atoms with Gasteiger partial charge in [0.05, 0.1) is 30.0 Å². The number of piperidine rings is 1. The summed E-state index contributed by atoms with van der Waals surface area (Å²) >= 11 is 0. The van der Waals surface area contributed by atoms with Crippen LogP contribution in [0.4, 0.5) is 5.69 Å². The first-order valence-electron chi connectivity index (χ1n) is 13.5. The fourth-order valence-corrected chi connectivity index (χ4v) is 8.70. The maximum absolute atomic E-state index is 14.1. The number of hydrogen-bond acceptors (Lipinski definition) is 6. The van der Waals surface area contributed by atoms with Gasteiger partial charge in [-0.25, -0.2) is 21.1 Å². The minimum Gasteiger partial charge on any atom is -0.497 e. The van der Waals surface area contributed by atoms with Gasteiger partial charge in [0.1, 0.15) is 5.75 Å². The zero-order chi connectivity index (χ0) is 29.6. The van der Waals surface area contributed by atoms with Gasteiger partial charge >= 0.3 is 0 Å². The van der Waals surface area contributed by atoms with Crippen LogP contribution < -0.4 is 14.4 Å². The van der Waals surface area contributed by atoms with Crippen LogP contribution in [0.2, 0.25) is 0 Å². The van der Waals surface area contributed by atoms with Crippen molar-refractivity contribution in [3.05, 3.63) is 89.0 Å². The first-order chi connectivity index (χ1) is 19.4. The summed E-state index contributed by atoms with van der Waals surface area (Å²) in [7, 11) is -5.86. The molecule has 3 aromatic rings. The Labute approximate surface area is 242 Å². The standard InChI is InChI=1S/C30H35N3O6S2/c1-21-7-5-6-8-24(21)20-31-29(34)23-9-14-28-27(19-23)30(15-17-32(18-16-30)40(4,35)36)22(2)33(28)41(37,38)26-12-10-25(39-3)11-13-26/h5-14,19,22H,15-18,20H2,1-4H3,(H,31,34). The summed E-state index contributed by atoms with van der Waals surface area (Å²) in [5.74, 6) is 0.286. The molecule has 0 aromatic heterocycles. The monoisotopic (exact) mass is 597 g/mol. The highest BCUT2D eigenvalue weighted by Crippen LogP contribution is 2.53. The summed E-state index contributed by atoms with van der Waals surface area (Å²) in [6.45, 7) is 4.76. The van der Waals surface area contributed by atoms with Crippen LogP contribution in [0.1, 0.15) is 46.8 Å². The lowest BCUT2D eigenvalue weighted by molar-refractivity contribution is 0.0950. The Bertz CT molecular complexity index is 1680. The topological polar surface area (TPSA) is 113 Å². The molecule has 5 rings (SSSR count). The Morgan fingerprint density at radius 2 is 1.66 bits per heavy atom. The summed E-state index contributed by atoms with van der Waals surface area (Å²) in [4.78, 5) is 13.4. The number of methoxy groups -OCH3 is 1. The van der Waals surface area contributed by atoms with Crippen molar-refractivity contribution in [2.45, 2.75) is 49.6 Å². The largest absolute Gasteiger partial charge is 0.497 e. The molecule has 0 aliphatic carbocycles. The number of fused-ring (bicyclic) bond motifs is 2. The number of nitrogens with zero attached hydrogens (tertiary/aromatic N) is 2. The molecule has 1 N–H and O–H groups in total. The molecule has 9 nitrogen and oxygen atoms in total. The average molecular weight is 598 g/mol. The Morgan fingerprint density at radius 1 is 1.00 bits per heavy atom. The number of aryl methyl sites for hydroxylation is 1. The second kappa shape index (κ2) is 10.8. The molecule has 11 heteroatoms. The molecule has 0 saturated carbocycles. The highest BCUT2D eigenvalue weighted by molar-refractivity contribution is 7.93. The molecule has 3 aromatic carbocycles. The molecule has 2 aliphatic heterocycles. The molecule has 1 saturated heterocycles. The lowest BCUT2D eigenvalue weighted by atomic mass is 9.70. The number of carbonyl (C=O) groups excluding carboxylic acids is 1. The third-order valence-corrected chi connectivity index (χ3v) is 11.8. The molecule has 2 aliphatic rings. The molecule has 218 valence electrons. The van der Waals surface area contributed by atoms with Crippen molar-refractivity contribution < 1.29 is 26.4 Å². The maximum atomic E-state index is 14.1. The Hall–Kier alpha value is -3.41. The summed E-state index contributed by atoms with van der Waals surface area (Å²) in [5, 5.41) is 2.98. The average Bonchev–Trinajstić information content (AvgIpc) is 3.19. The van der Waals surface area contributed by atoms with Gasteiger partial charge in [0.25, 0.3) is 15.9 Å². The van der Waals surface area contributed by atoms with Crippen LogP contribution in [-0.2, 0) is 32.0 Å². The van der Waals surface area contributed by atoms with Gasteiger partial charge in [0, 0.05) is 30.6 Å². The van der Waals surface area contributed by atoms with E-state index in [0.29, 0.717) is 36.4 Å². The predicted octanol–water partition coefficient (Wildman–Crippen LogP) is 3.82. The number of ether oxygens (including phenoxy) is 1. The fraction of sp³-hybridized carbons (Fsp3) is 0.367. The highest BCUT2D eigenvalue weighted by atomic mass is 32.2.